The molecule has 1 heterocycles. The van der Waals surface area contributed by atoms with Crippen LogP contribution < -0.4 is 15.8 Å². The summed E-state index contributed by atoms with van der Waals surface area (Å²) in [5.41, 5.74) is 6.64. The average molecular weight is 401 g/mol. The Labute approximate surface area is 171 Å². The Morgan fingerprint density at radius 2 is 1.69 bits per heavy atom. The van der Waals surface area contributed by atoms with Crippen molar-refractivity contribution in [1.82, 2.24) is 4.98 Å². The van der Waals surface area contributed by atoms with Gasteiger partial charge in [0.1, 0.15) is 34.5 Å². The first-order valence-electron chi connectivity index (χ1n) is 8.45. The first-order valence-corrected chi connectivity index (χ1v) is 9.44. The van der Waals surface area contributed by atoms with Crippen LogP contribution in [0.2, 0.25) is 0 Å². The van der Waals surface area contributed by atoms with E-state index in [-0.39, 0.29) is 28.6 Å². The van der Waals surface area contributed by atoms with Gasteiger partial charge >= 0.3 is 0 Å². The third-order valence-electron chi connectivity index (χ3n) is 3.71. The number of carbonyl (C=O) groups is 1. The normalized spacial score (nSPS) is 9.86. The number of nitrogens with zero attached hydrogens (tertiary/aromatic N) is 3. The van der Waals surface area contributed by atoms with Gasteiger partial charge in [-0.3, -0.25) is 4.79 Å². The van der Waals surface area contributed by atoms with Crippen molar-refractivity contribution >= 4 is 29.2 Å². The predicted octanol–water partition coefficient (Wildman–Crippen LogP) is 3.93. The molecular formula is C21H15N5O2S. The number of nitrogens with one attached hydrogen (secondary N) is 1. The lowest BCUT2D eigenvalue weighted by atomic mass is 10.2. The summed E-state index contributed by atoms with van der Waals surface area (Å²) in [5, 5.41) is 21.2. The van der Waals surface area contributed by atoms with Crippen molar-refractivity contribution in [1.29, 1.82) is 10.5 Å². The number of nitrogens with two attached hydrogens (primary N) is 1. The Kier molecular flexibility index (Phi) is 6.31. The van der Waals surface area contributed by atoms with Crippen LogP contribution in [0, 0.1) is 22.7 Å². The molecule has 0 radical (unpaired) electrons. The quantitative estimate of drug-likeness (QED) is 0.599. The summed E-state index contributed by atoms with van der Waals surface area (Å²) in [7, 11) is 0. The second-order valence-electron chi connectivity index (χ2n) is 5.77. The van der Waals surface area contributed by atoms with Gasteiger partial charge in [0.25, 0.3) is 0 Å². The van der Waals surface area contributed by atoms with Gasteiger partial charge in [-0.25, -0.2) is 4.98 Å². The molecule has 0 atom stereocenters. The topological polar surface area (TPSA) is 125 Å². The number of thioether (sulfide) groups is 1. The second kappa shape index (κ2) is 9.27. The van der Waals surface area contributed by atoms with Crippen LogP contribution in [0.3, 0.4) is 0 Å². The molecule has 0 saturated carbocycles. The molecule has 3 aromatic rings. The van der Waals surface area contributed by atoms with Gasteiger partial charge in [0.05, 0.1) is 16.9 Å². The van der Waals surface area contributed by atoms with Crippen molar-refractivity contribution in [3.05, 3.63) is 71.8 Å². The van der Waals surface area contributed by atoms with Crippen molar-refractivity contribution < 1.29 is 9.53 Å². The molecule has 142 valence electrons. The van der Waals surface area contributed by atoms with Gasteiger partial charge in [-0.15, -0.1) is 0 Å². The van der Waals surface area contributed by atoms with Crippen molar-refractivity contribution in [3.63, 3.8) is 0 Å². The number of para-hydroxylation sites is 1. The number of carbonyl (C=O) groups excluding carboxylic acids is 1. The van der Waals surface area contributed by atoms with Crippen molar-refractivity contribution in [2.24, 2.45) is 0 Å². The molecule has 0 fully saturated rings. The number of pyridine rings is 1. The first-order chi connectivity index (χ1) is 14.1. The molecule has 3 rings (SSSR count). The maximum Gasteiger partial charge on any atom is 0.234 e. The number of anilines is 2. The Bertz CT molecular complexity index is 1100. The minimum atomic E-state index is -0.264. The van der Waals surface area contributed by atoms with Crippen LogP contribution in [-0.4, -0.2) is 16.6 Å². The van der Waals surface area contributed by atoms with Crippen LogP contribution in [0.5, 0.6) is 11.5 Å². The highest BCUT2D eigenvalue weighted by atomic mass is 32.2. The molecule has 2 aromatic carbocycles. The number of nitriles is 2. The maximum atomic E-state index is 12.2. The summed E-state index contributed by atoms with van der Waals surface area (Å²) < 4.78 is 5.71. The van der Waals surface area contributed by atoms with Crippen LogP contribution in [0.4, 0.5) is 11.5 Å². The minimum Gasteiger partial charge on any atom is -0.457 e. The fraction of sp³-hybridized carbons (Fsp3) is 0.0476. The summed E-state index contributed by atoms with van der Waals surface area (Å²) >= 11 is 1.08. The molecule has 29 heavy (non-hydrogen) atoms. The van der Waals surface area contributed by atoms with Gasteiger partial charge in [-0.2, -0.15) is 10.5 Å². The monoisotopic (exact) mass is 401 g/mol. The van der Waals surface area contributed by atoms with Gasteiger partial charge in [-0.05, 0) is 42.5 Å². The smallest absolute Gasteiger partial charge is 0.234 e. The largest absolute Gasteiger partial charge is 0.457 e. The second-order valence-corrected chi connectivity index (χ2v) is 6.74. The molecule has 1 amide bonds. The van der Waals surface area contributed by atoms with Crippen LogP contribution in [0.25, 0.3) is 0 Å². The molecule has 8 heteroatoms. The van der Waals surface area contributed by atoms with Gasteiger partial charge in [0.15, 0.2) is 0 Å². The lowest BCUT2D eigenvalue weighted by molar-refractivity contribution is -0.113. The van der Waals surface area contributed by atoms with Gasteiger partial charge < -0.3 is 15.8 Å². The van der Waals surface area contributed by atoms with Gasteiger partial charge in [-0.1, -0.05) is 30.0 Å². The van der Waals surface area contributed by atoms with Crippen molar-refractivity contribution in [3.8, 4) is 23.6 Å². The SMILES string of the molecule is N#Cc1cc(C#N)c(SCC(=O)Nc2ccc(Oc3ccccc3)cc2)nc1N. The maximum absolute atomic E-state index is 12.2. The van der Waals surface area contributed by atoms with E-state index in [0.717, 1.165) is 17.5 Å². The molecule has 1 aromatic heterocycles. The number of nitrogen functional groups attached to an aromatic ring is 1. The number of ether oxygens (including phenoxy) is 1. The molecule has 0 aliphatic rings. The van der Waals surface area contributed by atoms with Crippen molar-refractivity contribution in [2.75, 3.05) is 16.8 Å². The fourth-order valence-electron chi connectivity index (χ4n) is 2.35. The van der Waals surface area contributed by atoms with E-state index in [1.807, 2.05) is 42.5 Å². The Hall–Kier alpha value is -4.01. The summed E-state index contributed by atoms with van der Waals surface area (Å²) in [6.07, 6.45) is 0. The third kappa shape index (κ3) is 5.25. The summed E-state index contributed by atoms with van der Waals surface area (Å²) in [6.45, 7) is 0. The highest BCUT2D eigenvalue weighted by Gasteiger charge is 2.12. The molecule has 0 unspecified atom stereocenters. The van der Waals surface area contributed by atoms with Gasteiger partial charge in [0.2, 0.25) is 5.91 Å². The standard InChI is InChI=1S/C21H15N5O2S/c22-11-14-10-15(12-23)21(26-20(14)24)29-13-19(27)25-16-6-8-18(9-7-16)28-17-4-2-1-3-5-17/h1-10H,13H2,(H2,24,26)(H,25,27). The van der Waals surface area contributed by atoms with Crippen LogP contribution in [-0.2, 0) is 4.79 Å². The molecular weight excluding hydrogens is 386 g/mol. The number of hydrogen-bond acceptors (Lipinski definition) is 7. The zero-order chi connectivity index (χ0) is 20.6. The van der Waals surface area contributed by atoms with E-state index in [1.165, 1.54) is 6.07 Å². The zero-order valence-corrected chi connectivity index (χ0v) is 15.9. The number of hydrogen-bond donors (Lipinski definition) is 2. The third-order valence-corrected chi connectivity index (χ3v) is 4.71. The molecule has 0 aliphatic carbocycles. The highest BCUT2D eigenvalue weighted by molar-refractivity contribution is 8.00. The highest BCUT2D eigenvalue weighted by Crippen LogP contribution is 2.25. The van der Waals surface area contributed by atoms with E-state index < -0.39 is 0 Å². The lowest BCUT2D eigenvalue weighted by Gasteiger charge is -2.09. The van der Waals surface area contributed by atoms with E-state index in [4.69, 9.17) is 15.7 Å². The summed E-state index contributed by atoms with van der Waals surface area (Å²) in [6, 6.07) is 21.6. The number of rotatable bonds is 6. The number of amides is 1. The van der Waals surface area contributed by atoms with Crippen molar-refractivity contribution in [2.45, 2.75) is 5.03 Å². The Morgan fingerprint density at radius 1 is 1.03 bits per heavy atom. The Balaban J connectivity index is 1.58. The Morgan fingerprint density at radius 3 is 2.34 bits per heavy atom. The van der Waals surface area contributed by atoms with E-state index in [0.29, 0.717) is 16.5 Å². The average Bonchev–Trinajstić information content (AvgIpc) is 2.74. The number of benzene rings is 2. The summed E-state index contributed by atoms with van der Waals surface area (Å²) in [4.78, 5) is 16.3. The molecule has 0 aliphatic heterocycles. The summed E-state index contributed by atoms with van der Waals surface area (Å²) in [5.74, 6) is 1.18. The zero-order valence-electron chi connectivity index (χ0n) is 15.1. The van der Waals surface area contributed by atoms with Crippen LogP contribution >= 0.6 is 11.8 Å². The predicted molar refractivity (Wildman–Crippen MR) is 110 cm³/mol. The van der Waals surface area contributed by atoms with Crippen LogP contribution in [0.1, 0.15) is 11.1 Å². The molecule has 0 bridgehead atoms. The van der Waals surface area contributed by atoms with E-state index in [2.05, 4.69) is 10.3 Å². The molecule has 0 saturated heterocycles. The minimum absolute atomic E-state index is 0.0309. The van der Waals surface area contributed by atoms with E-state index in [1.54, 1.807) is 24.3 Å². The lowest BCUT2D eigenvalue weighted by Crippen LogP contribution is -2.14. The van der Waals surface area contributed by atoms with E-state index in [9.17, 15) is 10.1 Å². The van der Waals surface area contributed by atoms with Gasteiger partial charge in [0, 0.05) is 5.69 Å². The van der Waals surface area contributed by atoms with E-state index >= 15 is 0 Å². The molecule has 7 nitrogen and oxygen atoms in total. The first kappa shape index (κ1) is 19.7. The van der Waals surface area contributed by atoms with Crippen LogP contribution in [0.15, 0.2) is 65.7 Å². The molecule has 3 N–H and O–H groups in total. The fourth-order valence-corrected chi connectivity index (χ4v) is 3.11. The number of aromatic nitrogens is 1. The molecule has 0 spiro atoms.